The van der Waals surface area contributed by atoms with E-state index < -0.39 is 5.82 Å². The van der Waals surface area contributed by atoms with E-state index >= 15 is 0 Å². The van der Waals surface area contributed by atoms with Crippen molar-refractivity contribution in [2.24, 2.45) is 5.92 Å². The van der Waals surface area contributed by atoms with Gasteiger partial charge in [0.05, 0.1) is 12.7 Å². The zero-order chi connectivity index (χ0) is 14.1. The lowest BCUT2D eigenvalue weighted by Crippen LogP contribution is -2.48. The molecule has 20 heavy (non-hydrogen) atoms. The molecule has 2 atom stereocenters. The van der Waals surface area contributed by atoms with Crippen molar-refractivity contribution in [2.75, 3.05) is 26.7 Å². The van der Waals surface area contributed by atoms with E-state index in [1.165, 1.54) is 19.2 Å². The quantitative estimate of drug-likeness (QED) is 0.894. The van der Waals surface area contributed by atoms with Gasteiger partial charge in [0.2, 0.25) is 0 Å². The Morgan fingerprint density at radius 1 is 1.45 bits per heavy atom. The van der Waals surface area contributed by atoms with Gasteiger partial charge in [-0.3, -0.25) is 4.79 Å². The average Bonchev–Trinajstić information content (AvgIpc) is 2.94. The maximum absolute atomic E-state index is 14.0. The Bertz CT molecular complexity index is 521. The maximum atomic E-state index is 14.0. The number of amides is 1. The number of halogens is 1. The molecule has 2 aliphatic rings. The largest absolute Gasteiger partial charge is 0.497 e. The third-order valence-corrected chi connectivity index (χ3v) is 4.35. The minimum absolute atomic E-state index is 0.137. The highest BCUT2D eigenvalue weighted by molar-refractivity contribution is 5.95. The summed E-state index contributed by atoms with van der Waals surface area (Å²) in [6.45, 7) is 2.49. The highest BCUT2D eigenvalue weighted by Crippen LogP contribution is 2.28. The van der Waals surface area contributed by atoms with E-state index in [9.17, 15) is 9.18 Å². The van der Waals surface area contributed by atoms with Crippen LogP contribution in [-0.2, 0) is 0 Å². The molecule has 5 heteroatoms. The van der Waals surface area contributed by atoms with Crippen LogP contribution in [0.3, 0.4) is 0 Å². The molecule has 2 heterocycles. The summed E-state index contributed by atoms with van der Waals surface area (Å²) >= 11 is 0. The van der Waals surface area contributed by atoms with Gasteiger partial charge in [0.25, 0.3) is 5.91 Å². The van der Waals surface area contributed by atoms with E-state index in [0.29, 0.717) is 18.2 Å². The second kappa shape index (κ2) is 5.40. The lowest BCUT2D eigenvalue weighted by molar-refractivity contribution is 0.0570. The first kappa shape index (κ1) is 13.4. The zero-order valence-electron chi connectivity index (χ0n) is 11.6. The Morgan fingerprint density at radius 3 is 3.05 bits per heavy atom. The van der Waals surface area contributed by atoms with Crippen LogP contribution in [0.5, 0.6) is 5.75 Å². The van der Waals surface area contributed by atoms with Crippen molar-refractivity contribution in [3.63, 3.8) is 0 Å². The Morgan fingerprint density at radius 2 is 2.30 bits per heavy atom. The van der Waals surface area contributed by atoms with Crippen molar-refractivity contribution in [1.82, 2.24) is 10.2 Å². The van der Waals surface area contributed by atoms with Crippen molar-refractivity contribution < 1.29 is 13.9 Å². The van der Waals surface area contributed by atoms with Crippen molar-refractivity contribution in [3.8, 4) is 5.75 Å². The van der Waals surface area contributed by atoms with E-state index in [1.807, 2.05) is 4.90 Å². The van der Waals surface area contributed by atoms with E-state index in [4.69, 9.17) is 4.74 Å². The fourth-order valence-corrected chi connectivity index (χ4v) is 3.27. The molecule has 1 aromatic carbocycles. The molecular formula is C15H19FN2O2. The van der Waals surface area contributed by atoms with Crippen molar-refractivity contribution in [3.05, 3.63) is 29.6 Å². The second-order valence-corrected chi connectivity index (χ2v) is 5.47. The summed E-state index contributed by atoms with van der Waals surface area (Å²) in [5.74, 6) is 0.220. The summed E-state index contributed by atoms with van der Waals surface area (Å²) in [7, 11) is 1.48. The Hall–Kier alpha value is -1.62. The van der Waals surface area contributed by atoms with Crippen molar-refractivity contribution in [1.29, 1.82) is 0 Å². The molecule has 2 fully saturated rings. The summed E-state index contributed by atoms with van der Waals surface area (Å²) in [6, 6.07) is 4.62. The molecular weight excluding hydrogens is 259 g/mol. The Balaban J connectivity index is 1.84. The number of carbonyl (C=O) groups excluding carboxylic acids is 1. The maximum Gasteiger partial charge on any atom is 0.257 e. The van der Waals surface area contributed by atoms with Crippen LogP contribution in [0.2, 0.25) is 0 Å². The van der Waals surface area contributed by atoms with Gasteiger partial charge in [-0.25, -0.2) is 4.39 Å². The molecule has 1 aromatic rings. The standard InChI is InChI=1S/C15H19FN2O2/c1-20-11-4-5-12(13(16)7-11)15(19)18-6-2-3-10-8-17-9-14(10)18/h4-5,7,10,14,17H,2-3,6,8-9H2,1H3. The number of rotatable bonds is 2. The number of carbonyl (C=O) groups is 1. The van der Waals surface area contributed by atoms with Crippen LogP contribution < -0.4 is 10.1 Å². The smallest absolute Gasteiger partial charge is 0.257 e. The highest BCUT2D eigenvalue weighted by Gasteiger charge is 2.38. The van der Waals surface area contributed by atoms with E-state index in [0.717, 1.165) is 25.9 Å². The van der Waals surface area contributed by atoms with E-state index in [2.05, 4.69) is 5.32 Å². The van der Waals surface area contributed by atoms with Gasteiger partial charge in [0.1, 0.15) is 11.6 Å². The van der Waals surface area contributed by atoms with E-state index in [1.54, 1.807) is 6.07 Å². The molecule has 2 aliphatic heterocycles. The normalized spacial score (nSPS) is 25.4. The van der Waals surface area contributed by atoms with Gasteiger partial charge in [-0.15, -0.1) is 0 Å². The Labute approximate surface area is 117 Å². The molecule has 1 N–H and O–H groups in total. The van der Waals surface area contributed by atoms with Gasteiger partial charge in [-0.2, -0.15) is 0 Å². The average molecular weight is 278 g/mol. The number of hydrogen-bond acceptors (Lipinski definition) is 3. The number of nitrogens with zero attached hydrogens (tertiary/aromatic N) is 1. The Kier molecular flexibility index (Phi) is 3.61. The van der Waals surface area contributed by atoms with Gasteiger partial charge >= 0.3 is 0 Å². The third kappa shape index (κ3) is 2.26. The summed E-state index contributed by atoms with van der Waals surface area (Å²) in [4.78, 5) is 14.4. The van der Waals surface area contributed by atoms with Gasteiger partial charge in [0, 0.05) is 31.7 Å². The number of benzene rings is 1. The number of nitrogens with one attached hydrogen (secondary N) is 1. The molecule has 4 nitrogen and oxygen atoms in total. The fraction of sp³-hybridized carbons (Fsp3) is 0.533. The van der Waals surface area contributed by atoms with E-state index in [-0.39, 0.29) is 17.5 Å². The van der Waals surface area contributed by atoms with Crippen molar-refractivity contribution >= 4 is 5.91 Å². The molecule has 0 radical (unpaired) electrons. The second-order valence-electron chi connectivity index (χ2n) is 5.47. The predicted molar refractivity (Wildman–Crippen MR) is 73.4 cm³/mol. The first-order chi connectivity index (χ1) is 9.70. The van der Waals surface area contributed by atoms with Crippen LogP contribution in [0, 0.1) is 11.7 Å². The van der Waals surface area contributed by atoms with Crippen LogP contribution in [0.1, 0.15) is 23.2 Å². The topological polar surface area (TPSA) is 41.6 Å². The van der Waals surface area contributed by atoms with Crippen LogP contribution >= 0.6 is 0 Å². The lowest BCUT2D eigenvalue weighted by atomic mass is 9.91. The van der Waals surface area contributed by atoms with Crippen molar-refractivity contribution in [2.45, 2.75) is 18.9 Å². The molecule has 108 valence electrons. The molecule has 3 rings (SSSR count). The molecule has 0 aromatic heterocycles. The molecule has 2 unspecified atom stereocenters. The minimum Gasteiger partial charge on any atom is -0.497 e. The summed E-state index contributed by atoms with van der Waals surface area (Å²) in [5.41, 5.74) is 0.137. The molecule has 0 bridgehead atoms. The fourth-order valence-electron chi connectivity index (χ4n) is 3.27. The molecule has 0 spiro atoms. The lowest BCUT2D eigenvalue weighted by Gasteiger charge is -2.37. The van der Waals surface area contributed by atoms with Gasteiger partial charge in [-0.1, -0.05) is 0 Å². The monoisotopic (exact) mass is 278 g/mol. The number of likely N-dealkylation sites (tertiary alicyclic amines) is 1. The zero-order valence-corrected chi connectivity index (χ0v) is 11.6. The highest BCUT2D eigenvalue weighted by atomic mass is 19.1. The van der Waals surface area contributed by atoms with Crippen LogP contribution in [-0.4, -0.2) is 43.6 Å². The summed E-state index contributed by atoms with van der Waals surface area (Å²) < 4.78 is 19.0. The number of methoxy groups -OCH3 is 1. The van der Waals surface area contributed by atoms with Gasteiger partial charge in [0.15, 0.2) is 0 Å². The first-order valence-electron chi connectivity index (χ1n) is 7.06. The summed E-state index contributed by atoms with van der Waals surface area (Å²) in [6.07, 6.45) is 2.14. The molecule has 0 saturated carbocycles. The van der Waals surface area contributed by atoms with Gasteiger partial charge in [-0.05, 0) is 30.9 Å². The molecule has 2 saturated heterocycles. The minimum atomic E-state index is -0.512. The molecule has 1 amide bonds. The van der Waals surface area contributed by atoms with Crippen LogP contribution in [0.25, 0.3) is 0 Å². The van der Waals surface area contributed by atoms with Gasteiger partial charge < -0.3 is 15.0 Å². The number of fused-ring (bicyclic) bond motifs is 1. The number of hydrogen-bond donors (Lipinski definition) is 1. The third-order valence-electron chi connectivity index (χ3n) is 4.35. The number of ether oxygens (including phenoxy) is 1. The first-order valence-corrected chi connectivity index (χ1v) is 7.06. The SMILES string of the molecule is COc1ccc(C(=O)N2CCCC3CNCC32)c(F)c1. The number of piperidine rings is 1. The summed E-state index contributed by atoms with van der Waals surface area (Å²) in [5, 5.41) is 3.33. The van der Waals surface area contributed by atoms with Crippen LogP contribution in [0.15, 0.2) is 18.2 Å². The molecule has 0 aliphatic carbocycles. The van der Waals surface area contributed by atoms with Crippen LogP contribution in [0.4, 0.5) is 4.39 Å². The predicted octanol–water partition coefficient (Wildman–Crippen LogP) is 1.66.